The Morgan fingerprint density at radius 3 is 2.70 bits per heavy atom. The van der Waals surface area contributed by atoms with Crippen LogP contribution in [0.15, 0.2) is 42.5 Å². The number of hydrogen-bond acceptors (Lipinski definition) is 3. The van der Waals surface area contributed by atoms with Crippen LogP contribution in [0.5, 0.6) is 5.75 Å². The fourth-order valence-corrected chi connectivity index (χ4v) is 3.66. The topological polar surface area (TPSA) is 41.6 Å². The fraction of sp³-hybridized carbons (Fsp3) is 0.409. The summed E-state index contributed by atoms with van der Waals surface area (Å²) in [6.45, 7) is 7.33. The van der Waals surface area contributed by atoms with Crippen molar-refractivity contribution in [3.63, 3.8) is 0 Å². The third kappa shape index (κ3) is 5.24. The summed E-state index contributed by atoms with van der Waals surface area (Å²) in [5.74, 6) is 1.06. The van der Waals surface area contributed by atoms with E-state index in [1.165, 1.54) is 5.56 Å². The first kappa shape index (κ1) is 19.7. The summed E-state index contributed by atoms with van der Waals surface area (Å²) in [5.41, 5.74) is 2.97. The minimum absolute atomic E-state index is 0.0504. The molecule has 0 atom stereocenters. The van der Waals surface area contributed by atoms with E-state index in [1.807, 2.05) is 44.2 Å². The molecule has 5 heteroatoms. The second kappa shape index (κ2) is 9.25. The van der Waals surface area contributed by atoms with Crippen molar-refractivity contribution in [1.82, 2.24) is 4.90 Å². The van der Waals surface area contributed by atoms with E-state index in [4.69, 9.17) is 16.3 Å². The van der Waals surface area contributed by atoms with Crippen molar-refractivity contribution in [2.24, 2.45) is 5.92 Å². The van der Waals surface area contributed by atoms with Crippen molar-refractivity contribution in [2.75, 3.05) is 25.0 Å². The van der Waals surface area contributed by atoms with Crippen LogP contribution in [0.3, 0.4) is 0 Å². The van der Waals surface area contributed by atoms with Crippen molar-refractivity contribution >= 4 is 23.2 Å². The van der Waals surface area contributed by atoms with Gasteiger partial charge in [-0.2, -0.15) is 0 Å². The normalized spacial score (nSPS) is 15.5. The number of hydrogen-bond donors (Lipinski definition) is 1. The lowest BCUT2D eigenvalue weighted by atomic mass is 9.95. The molecule has 0 aliphatic carbocycles. The number of carbonyl (C=O) groups excluding carboxylic acids is 1. The molecule has 2 aromatic carbocycles. The van der Waals surface area contributed by atoms with Gasteiger partial charge in [-0.25, -0.2) is 0 Å². The number of nitrogens with zero attached hydrogens (tertiary/aromatic N) is 1. The molecule has 1 fully saturated rings. The molecule has 144 valence electrons. The number of halogens is 1. The van der Waals surface area contributed by atoms with Crippen molar-refractivity contribution in [2.45, 2.75) is 33.2 Å². The molecule has 1 amide bonds. The maximum absolute atomic E-state index is 12.6. The average molecular weight is 387 g/mol. The number of piperidine rings is 1. The van der Waals surface area contributed by atoms with Crippen LogP contribution < -0.4 is 10.1 Å². The second-order valence-corrected chi connectivity index (χ2v) is 7.44. The Morgan fingerprint density at radius 1 is 1.22 bits per heavy atom. The number of benzene rings is 2. The molecule has 1 N–H and O–H groups in total. The number of anilines is 1. The van der Waals surface area contributed by atoms with Crippen LogP contribution in [0.4, 0.5) is 5.69 Å². The van der Waals surface area contributed by atoms with E-state index in [2.05, 4.69) is 22.3 Å². The van der Waals surface area contributed by atoms with Gasteiger partial charge in [-0.15, -0.1) is 0 Å². The maximum Gasteiger partial charge on any atom is 0.227 e. The Kier molecular flexibility index (Phi) is 6.75. The molecule has 2 aromatic rings. The molecule has 0 saturated carbocycles. The fourth-order valence-electron chi connectivity index (χ4n) is 3.49. The Labute approximate surface area is 166 Å². The summed E-state index contributed by atoms with van der Waals surface area (Å²) in [4.78, 5) is 15.0. The largest absolute Gasteiger partial charge is 0.494 e. The van der Waals surface area contributed by atoms with Crippen LogP contribution in [0, 0.1) is 12.8 Å². The van der Waals surface area contributed by atoms with E-state index in [0.29, 0.717) is 11.6 Å². The van der Waals surface area contributed by atoms with Gasteiger partial charge in [-0.05, 0) is 75.2 Å². The Morgan fingerprint density at radius 2 is 1.96 bits per heavy atom. The molecule has 0 bridgehead atoms. The van der Waals surface area contributed by atoms with Crippen molar-refractivity contribution in [1.29, 1.82) is 0 Å². The lowest BCUT2D eigenvalue weighted by Crippen LogP contribution is -2.37. The molecular weight excluding hydrogens is 360 g/mol. The maximum atomic E-state index is 12.6. The van der Waals surface area contributed by atoms with Crippen LogP contribution in [-0.2, 0) is 11.3 Å². The van der Waals surface area contributed by atoms with Crippen molar-refractivity contribution in [3.05, 3.63) is 58.6 Å². The molecule has 1 aliphatic heterocycles. The molecule has 0 unspecified atom stereocenters. The predicted molar refractivity (Wildman–Crippen MR) is 110 cm³/mol. The highest BCUT2D eigenvalue weighted by molar-refractivity contribution is 6.31. The van der Waals surface area contributed by atoms with Crippen molar-refractivity contribution in [3.8, 4) is 5.75 Å². The first-order valence-corrected chi connectivity index (χ1v) is 9.94. The van der Waals surface area contributed by atoms with Gasteiger partial charge in [0, 0.05) is 23.2 Å². The van der Waals surface area contributed by atoms with E-state index in [0.717, 1.165) is 49.5 Å². The number of amides is 1. The lowest BCUT2D eigenvalue weighted by Gasteiger charge is -2.31. The molecular formula is C22H27ClN2O2. The number of nitrogens with one attached hydrogen (secondary N) is 1. The highest BCUT2D eigenvalue weighted by Crippen LogP contribution is 2.26. The molecule has 4 nitrogen and oxygen atoms in total. The molecule has 1 saturated heterocycles. The van der Waals surface area contributed by atoms with Crippen LogP contribution in [0.25, 0.3) is 0 Å². The number of rotatable bonds is 6. The van der Waals surface area contributed by atoms with Gasteiger partial charge >= 0.3 is 0 Å². The quantitative estimate of drug-likeness (QED) is 0.767. The van der Waals surface area contributed by atoms with Gasteiger partial charge in [0.2, 0.25) is 5.91 Å². The predicted octanol–water partition coefficient (Wildman–Crippen LogP) is 4.90. The molecule has 1 aliphatic rings. The van der Waals surface area contributed by atoms with Gasteiger partial charge in [0.25, 0.3) is 0 Å². The minimum atomic E-state index is 0.0504. The zero-order valence-corrected chi connectivity index (χ0v) is 16.8. The monoisotopic (exact) mass is 386 g/mol. The number of ether oxygens (including phenoxy) is 1. The highest BCUT2D eigenvalue weighted by atomic mass is 35.5. The van der Waals surface area contributed by atoms with Crippen LogP contribution >= 0.6 is 11.6 Å². The van der Waals surface area contributed by atoms with Gasteiger partial charge in [0.05, 0.1) is 6.61 Å². The van der Waals surface area contributed by atoms with Crippen molar-refractivity contribution < 1.29 is 9.53 Å². The summed E-state index contributed by atoms with van der Waals surface area (Å²) in [6, 6.07) is 13.9. The van der Waals surface area contributed by atoms with Gasteiger partial charge in [-0.1, -0.05) is 29.8 Å². The third-order valence-electron chi connectivity index (χ3n) is 5.10. The van der Waals surface area contributed by atoms with Gasteiger partial charge in [0.15, 0.2) is 0 Å². The molecule has 0 spiro atoms. The van der Waals surface area contributed by atoms with Crippen LogP contribution in [0.1, 0.15) is 30.9 Å². The second-order valence-electron chi connectivity index (χ2n) is 7.03. The van der Waals surface area contributed by atoms with Gasteiger partial charge < -0.3 is 10.1 Å². The number of likely N-dealkylation sites (tertiary alicyclic amines) is 1. The van der Waals surface area contributed by atoms with E-state index in [9.17, 15) is 4.79 Å². The van der Waals surface area contributed by atoms with E-state index < -0.39 is 0 Å². The Balaban J connectivity index is 1.52. The lowest BCUT2D eigenvalue weighted by molar-refractivity contribution is -0.121. The zero-order valence-electron chi connectivity index (χ0n) is 16.0. The molecule has 27 heavy (non-hydrogen) atoms. The summed E-state index contributed by atoms with van der Waals surface area (Å²) < 4.78 is 5.58. The third-order valence-corrected chi connectivity index (χ3v) is 5.51. The first-order valence-electron chi connectivity index (χ1n) is 9.57. The Bertz CT molecular complexity index is 786. The van der Waals surface area contributed by atoms with Gasteiger partial charge in [0.1, 0.15) is 5.75 Å². The Hall–Kier alpha value is -2.04. The first-order chi connectivity index (χ1) is 13.1. The van der Waals surface area contributed by atoms with Crippen LogP contribution in [-0.4, -0.2) is 30.5 Å². The summed E-state index contributed by atoms with van der Waals surface area (Å²) >= 11 is 6.14. The summed E-state index contributed by atoms with van der Waals surface area (Å²) in [6.07, 6.45) is 1.74. The highest BCUT2D eigenvalue weighted by Gasteiger charge is 2.25. The van der Waals surface area contributed by atoms with E-state index in [1.54, 1.807) is 0 Å². The zero-order chi connectivity index (χ0) is 19.2. The van der Waals surface area contributed by atoms with E-state index in [-0.39, 0.29) is 11.8 Å². The van der Waals surface area contributed by atoms with Gasteiger partial charge in [-0.3, -0.25) is 9.69 Å². The number of carbonyl (C=O) groups is 1. The molecule has 0 radical (unpaired) electrons. The molecule has 0 aromatic heterocycles. The average Bonchev–Trinajstić information content (AvgIpc) is 2.66. The molecule has 1 heterocycles. The van der Waals surface area contributed by atoms with Crippen LogP contribution in [0.2, 0.25) is 5.02 Å². The smallest absolute Gasteiger partial charge is 0.227 e. The SMILES string of the molecule is CCOc1cccc(CN2CCC(C(=O)Nc3cccc(Cl)c3C)CC2)c1. The summed E-state index contributed by atoms with van der Waals surface area (Å²) in [7, 11) is 0. The summed E-state index contributed by atoms with van der Waals surface area (Å²) in [5, 5.41) is 3.73. The van der Waals surface area contributed by atoms with E-state index >= 15 is 0 Å². The minimum Gasteiger partial charge on any atom is -0.494 e. The standard InChI is InChI=1S/C22H27ClN2O2/c1-3-27-19-7-4-6-17(14-19)15-25-12-10-18(11-13-25)22(26)24-21-9-5-8-20(23)16(21)2/h4-9,14,18H,3,10-13,15H2,1-2H3,(H,24,26). The molecule has 3 rings (SSSR count).